The lowest BCUT2D eigenvalue weighted by molar-refractivity contribution is 0.224. The highest BCUT2D eigenvalue weighted by atomic mass is 35.5. The summed E-state index contributed by atoms with van der Waals surface area (Å²) >= 11 is 12.0. The van der Waals surface area contributed by atoms with Crippen molar-refractivity contribution in [2.45, 2.75) is 19.5 Å². The Morgan fingerprint density at radius 2 is 2.04 bits per heavy atom. The zero-order chi connectivity index (χ0) is 17.4. The van der Waals surface area contributed by atoms with Gasteiger partial charge in [0.2, 0.25) is 5.95 Å². The molecule has 4 rings (SSSR count). The van der Waals surface area contributed by atoms with Gasteiger partial charge in [0, 0.05) is 36.8 Å². The molecule has 0 atom stereocenters. The molecule has 0 unspecified atom stereocenters. The molecule has 2 aromatic heterocycles. The number of furan rings is 1. The first-order chi connectivity index (χ1) is 12.1. The number of nitrogens with two attached hydrogens (primary N) is 1. The zero-order valence-corrected chi connectivity index (χ0v) is 14.9. The first-order valence-electron chi connectivity index (χ1n) is 7.95. The van der Waals surface area contributed by atoms with Crippen LogP contribution in [0.4, 0.5) is 5.95 Å². The van der Waals surface area contributed by atoms with E-state index in [-0.39, 0.29) is 0 Å². The molecule has 1 aromatic carbocycles. The predicted octanol–water partition coefficient (Wildman–Crippen LogP) is 4.18. The second-order valence-electron chi connectivity index (χ2n) is 6.06. The Bertz CT molecular complexity index is 925. The van der Waals surface area contributed by atoms with Gasteiger partial charge in [-0.1, -0.05) is 23.2 Å². The van der Waals surface area contributed by atoms with E-state index in [4.69, 9.17) is 33.4 Å². The highest BCUT2D eigenvalue weighted by molar-refractivity contribution is 6.42. The first kappa shape index (κ1) is 16.4. The monoisotopic (exact) mass is 374 g/mol. The minimum Gasteiger partial charge on any atom is -0.460 e. The molecular weight excluding hydrogens is 359 g/mol. The SMILES string of the molecule is Nc1ncc2c(n1)CCN(Cc1ccc(-c3ccc(Cl)c(Cl)c3)o1)C2. The number of aromatic nitrogens is 2. The molecule has 0 spiro atoms. The smallest absolute Gasteiger partial charge is 0.220 e. The molecule has 7 heteroatoms. The molecule has 5 nitrogen and oxygen atoms in total. The summed E-state index contributed by atoms with van der Waals surface area (Å²) in [4.78, 5) is 10.7. The van der Waals surface area contributed by atoms with Crippen LogP contribution in [0.2, 0.25) is 10.0 Å². The number of fused-ring (bicyclic) bond motifs is 1. The largest absolute Gasteiger partial charge is 0.460 e. The standard InChI is InChI=1S/C18H16Cl2N4O/c19-14-3-1-11(7-15(14)20)17-4-2-13(25-17)10-24-6-5-16-12(9-24)8-22-18(21)23-16/h1-4,7-8H,5-6,9-10H2,(H2,21,22,23). The van der Waals surface area contributed by atoms with Gasteiger partial charge in [-0.05, 0) is 30.3 Å². The number of benzene rings is 1. The molecule has 25 heavy (non-hydrogen) atoms. The van der Waals surface area contributed by atoms with Gasteiger partial charge < -0.3 is 10.2 Å². The van der Waals surface area contributed by atoms with Crippen LogP contribution in [0, 0.1) is 0 Å². The third-order valence-electron chi connectivity index (χ3n) is 4.28. The number of hydrogen-bond acceptors (Lipinski definition) is 5. The minimum absolute atomic E-state index is 0.338. The van der Waals surface area contributed by atoms with Gasteiger partial charge in [-0.15, -0.1) is 0 Å². The summed E-state index contributed by atoms with van der Waals surface area (Å²) in [7, 11) is 0. The highest BCUT2D eigenvalue weighted by Gasteiger charge is 2.19. The minimum atomic E-state index is 0.338. The van der Waals surface area contributed by atoms with E-state index in [9.17, 15) is 0 Å². The lowest BCUT2D eigenvalue weighted by Gasteiger charge is -2.26. The van der Waals surface area contributed by atoms with Gasteiger partial charge in [-0.2, -0.15) is 0 Å². The highest BCUT2D eigenvalue weighted by Crippen LogP contribution is 2.30. The third kappa shape index (κ3) is 3.49. The van der Waals surface area contributed by atoms with E-state index in [0.717, 1.165) is 54.4 Å². The van der Waals surface area contributed by atoms with E-state index < -0.39 is 0 Å². The van der Waals surface area contributed by atoms with Crippen molar-refractivity contribution < 1.29 is 4.42 Å². The zero-order valence-electron chi connectivity index (χ0n) is 13.4. The van der Waals surface area contributed by atoms with Gasteiger partial charge in [0.1, 0.15) is 11.5 Å². The van der Waals surface area contributed by atoms with E-state index in [1.54, 1.807) is 6.07 Å². The van der Waals surface area contributed by atoms with Crippen LogP contribution >= 0.6 is 23.2 Å². The third-order valence-corrected chi connectivity index (χ3v) is 5.02. The van der Waals surface area contributed by atoms with Crippen molar-refractivity contribution >= 4 is 29.2 Å². The predicted molar refractivity (Wildman–Crippen MR) is 98.4 cm³/mol. The van der Waals surface area contributed by atoms with Crippen molar-refractivity contribution in [2.24, 2.45) is 0 Å². The Kier molecular flexibility index (Phi) is 4.37. The van der Waals surface area contributed by atoms with E-state index in [1.165, 1.54) is 0 Å². The van der Waals surface area contributed by atoms with Crippen LogP contribution in [0.1, 0.15) is 17.0 Å². The molecule has 0 aliphatic carbocycles. The summed E-state index contributed by atoms with van der Waals surface area (Å²) in [5, 5.41) is 1.05. The Morgan fingerprint density at radius 3 is 2.88 bits per heavy atom. The summed E-state index contributed by atoms with van der Waals surface area (Å²) in [5.41, 5.74) is 8.72. The summed E-state index contributed by atoms with van der Waals surface area (Å²) in [6.45, 7) is 2.43. The normalized spacial score (nSPS) is 14.5. The van der Waals surface area contributed by atoms with E-state index in [0.29, 0.717) is 16.0 Å². The van der Waals surface area contributed by atoms with Crippen molar-refractivity contribution in [3.05, 3.63) is 63.6 Å². The summed E-state index contributed by atoms with van der Waals surface area (Å²) in [6, 6.07) is 9.43. The number of hydrogen-bond donors (Lipinski definition) is 1. The Morgan fingerprint density at radius 1 is 1.16 bits per heavy atom. The van der Waals surface area contributed by atoms with Crippen LogP contribution in [0.15, 0.2) is 40.9 Å². The van der Waals surface area contributed by atoms with Gasteiger partial charge in [0.25, 0.3) is 0 Å². The fraction of sp³-hybridized carbons (Fsp3) is 0.222. The number of anilines is 1. The molecule has 1 aliphatic heterocycles. The van der Waals surface area contributed by atoms with Crippen molar-refractivity contribution in [1.29, 1.82) is 0 Å². The summed E-state index contributed by atoms with van der Waals surface area (Å²) in [5.74, 6) is 2.02. The molecule has 1 aliphatic rings. The van der Waals surface area contributed by atoms with E-state index in [2.05, 4.69) is 14.9 Å². The lowest BCUT2D eigenvalue weighted by atomic mass is 10.1. The number of nitrogen functional groups attached to an aromatic ring is 1. The molecule has 0 radical (unpaired) electrons. The second kappa shape index (κ2) is 6.67. The van der Waals surface area contributed by atoms with Crippen LogP contribution in [0.3, 0.4) is 0 Å². The van der Waals surface area contributed by atoms with Gasteiger partial charge in [-0.25, -0.2) is 9.97 Å². The maximum Gasteiger partial charge on any atom is 0.220 e. The van der Waals surface area contributed by atoms with Crippen molar-refractivity contribution in [3.63, 3.8) is 0 Å². The van der Waals surface area contributed by atoms with Crippen LogP contribution < -0.4 is 5.73 Å². The maximum atomic E-state index is 6.08. The van der Waals surface area contributed by atoms with Gasteiger partial charge in [0.05, 0.1) is 22.3 Å². The molecule has 3 heterocycles. The summed E-state index contributed by atoms with van der Waals surface area (Å²) < 4.78 is 5.98. The summed E-state index contributed by atoms with van der Waals surface area (Å²) in [6.07, 6.45) is 2.68. The van der Waals surface area contributed by atoms with Crippen molar-refractivity contribution in [1.82, 2.24) is 14.9 Å². The fourth-order valence-electron chi connectivity index (χ4n) is 3.01. The molecule has 0 amide bonds. The van der Waals surface area contributed by atoms with E-state index in [1.807, 2.05) is 30.5 Å². The van der Waals surface area contributed by atoms with Gasteiger partial charge >= 0.3 is 0 Å². The number of nitrogens with zero attached hydrogens (tertiary/aromatic N) is 3. The van der Waals surface area contributed by atoms with Crippen LogP contribution in [-0.4, -0.2) is 21.4 Å². The van der Waals surface area contributed by atoms with Crippen molar-refractivity contribution in [3.8, 4) is 11.3 Å². The average Bonchev–Trinajstić information content (AvgIpc) is 3.06. The molecule has 0 saturated carbocycles. The average molecular weight is 375 g/mol. The van der Waals surface area contributed by atoms with Gasteiger partial charge in [-0.3, -0.25) is 4.90 Å². The van der Waals surface area contributed by atoms with Crippen LogP contribution in [0.5, 0.6) is 0 Å². The molecule has 0 bridgehead atoms. The van der Waals surface area contributed by atoms with Crippen LogP contribution in [-0.2, 0) is 19.5 Å². The van der Waals surface area contributed by atoms with Gasteiger partial charge in [0.15, 0.2) is 0 Å². The molecule has 0 fully saturated rings. The fourth-order valence-corrected chi connectivity index (χ4v) is 3.31. The van der Waals surface area contributed by atoms with Crippen LogP contribution in [0.25, 0.3) is 11.3 Å². The topological polar surface area (TPSA) is 68.2 Å². The molecule has 3 aromatic rings. The van der Waals surface area contributed by atoms with Crippen molar-refractivity contribution in [2.75, 3.05) is 12.3 Å². The Hall–Kier alpha value is -2.08. The Labute approximate surface area is 155 Å². The van der Waals surface area contributed by atoms with E-state index >= 15 is 0 Å². The number of rotatable bonds is 3. The number of halogens is 2. The quantitative estimate of drug-likeness (QED) is 0.744. The molecule has 2 N–H and O–H groups in total. The molecule has 0 saturated heterocycles. The second-order valence-corrected chi connectivity index (χ2v) is 6.87. The first-order valence-corrected chi connectivity index (χ1v) is 8.71. The maximum absolute atomic E-state index is 6.08. The molecular formula is C18H16Cl2N4O. The lowest BCUT2D eigenvalue weighted by Crippen LogP contribution is -2.30. The Balaban J connectivity index is 1.48. The molecule has 128 valence electrons.